The van der Waals surface area contributed by atoms with Gasteiger partial charge in [-0.15, -0.1) is 0 Å². The van der Waals surface area contributed by atoms with E-state index in [0.29, 0.717) is 0 Å². The van der Waals surface area contributed by atoms with E-state index in [4.69, 9.17) is 19.4 Å². The molecule has 0 aliphatic carbocycles. The van der Waals surface area contributed by atoms with E-state index in [-0.39, 0.29) is 0 Å². The van der Waals surface area contributed by atoms with Crippen LogP contribution in [-0.4, -0.2) is 0 Å². The van der Waals surface area contributed by atoms with Crippen LogP contribution in [0.3, 0.4) is 0 Å². The van der Waals surface area contributed by atoms with Gasteiger partial charge >= 0.3 is 34.5 Å². The summed E-state index contributed by atoms with van der Waals surface area (Å²) in [5.41, 5.74) is 0. The molecule has 0 rings (SSSR count). The van der Waals surface area contributed by atoms with Crippen LogP contribution in [0.1, 0.15) is 33.1 Å². The van der Waals surface area contributed by atoms with E-state index in [1.165, 1.54) is 12.8 Å². The normalized spacial score (nSPS) is 10.9. The minimum atomic E-state index is -0.931. The quantitative estimate of drug-likeness (QED) is 0.648. The molecular formula is C7H15Cl2Zn. The number of hydrogen-bond donors (Lipinski definition) is 0. The van der Waals surface area contributed by atoms with Gasteiger partial charge < -0.3 is 0 Å². The number of halogens is 2. The summed E-state index contributed by atoms with van der Waals surface area (Å²) in [4.78, 5) is 0. The van der Waals surface area contributed by atoms with E-state index < -0.39 is 15.1 Å². The van der Waals surface area contributed by atoms with Gasteiger partial charge in [-0.2, -0.15) is 0 Å². The second-order valence-electron chi connectivity index (χ2n) is 2.28. The van der Waals surface area contributed by atoms with E-state index in [1.54, 1.807) is 0 Å². The zero-order valence-electron chi connectivity index (χ0n) is 6.87. The van der Waals surface area contributed by atoms with Gasteiger partial charge in [0.15, 0.2) is 0 Å². The van der Waals surface area contributed by atoms with Gasteiger partial charge in [0.1, 0.15) is 0 Å². The second kappa shape index (κ2) is 12.8. The molecule has 10 heavy (non-hydrogen) atoms. The Morgan fingerprint density at radius 1 is 1.50 bits per heavy atom. The molecule has 3 heteroatoms. The van der Waals surface area contributed by atoms with Crippen LogP contribution in [0.4, 0.5) is 0 Å². The van der Waals surface area contributed by atoms with Crippen molar-refractivity contribution < 1.29 is 15.1 Å². The summed E-state index contributed by atoms with van der Waals surface area (Å²) in [6.07, 6.45) is 3.73. The van der Waals surface area contributed by atoms with Crippen molar-refractivity contribution in [1.29, 1.82) is 0 Å². The fourth-order valence-corrected chi connectivity index (χ4v) is 0.637. The molecule has 0 nitrogen and oxygen atoms in total. The van der Waals surface area contributed by atoms with Gasteiger partial charge in [-0.25, -0.2) is 0 Å². The van der Waals surface area contributed by atoms with Crippen LogP contribution in [-0.2, 0) is 15.1 Å². The van der Waals surface area contributed by atoms with Crippen LogP contribution < -0.4 is 0 Å². The van der Waals surface area contributed by atoms with Crippen LogP contribution in [0.15, 0.2) is 0 Å². The first-order chi connectivity index (χ1) is 4.72. The summed E-state index contributed by atoms with van der Waals surface area (Å²) in [7, 11) is 9.90. The van der Waals surface area contributed by atoms with Gasteiger partial charge in [0, 0.05) is 0 Å². The standard InChI is InChI=1S/C7H15.2ClH.Zn/c1-4-6-7(3)5-2;;;/h7H,2,4-6H2,1,3H3;2*1H;/q;;;+2/p-2. The van der Waals surface area contributed by atoms with Crippen LogP contribution in [0.2, 0.25) is 0 Å². The molecule has 0 amide bonds. The van der Waals surface area contributed by atoms with E-state index in [2.05, 4.69) is 20.8 Å². The van der Waals surface area contributed by atoms with Crippen LogP contribution >= 0.6 is 19.4 Å². The molecule has 0 aliphatic rings. The van der Waals surface area contributed by atoms with Gasteiger partial charge in [-0.3, -0.25) is 0 Å². The predicted octanol–water partition coefficient (Wildman–Crippen LogP) is 4.02. The van der Waals surface area contributed by atoms with Crippen molar-refractivity contribution in [1.82, 2.24) is 0 Å². The molecule has 1 atom stereocenters. The molecular weight excluding hydrogens is 220 g/mol. The van der Waals surface area contributed by atoms with Gasteiger partial charge in [-0.1, -0.05) is 40.0 Å². The van der Waals surface area contributed by atoms with E-state index in [0.717, 1.165) is 12.3 Å². The summed E-state index contributed by atoms with van der Waals surface area (Å²) in [5.74, 6) is 0.838. The Kier molecular flexibility index (Phi) is 17.7. The Morgan fingerprint density at radius 2 is 1.90 bits per heavy atom. The zero-order valence-corrected chi connectivity index (χ0v) is 11.3. The molecule has 0 fully saturated rings. The van der Waals surface area contributed by atoms with E-state index in [9.17, 15) is 0 Å². The Balaban J connectivity index is 0. The maximum absolute atomic E-state index is 4.95. The summed E-state index contributed by atoms with van der Waals surface area (Å²) in [6.45, 7) is 8.27. The van der Waals surface area contributed by atoms with Crippen molar-refractivity contribution in [2.75, 3.05) is 0 Å². The van der Waals surface area contributed by atoms with Crippen molar-refractivity contribution in [3.05, 3.63) is 6.92 Å². The molecule has 0 aromatic heterocycles. The Labute approximate surface area is 80.4 Å². The molecule has 0 saturated carbocycles. The molecule has 0 aromatic carbocycles. The first-order valence-corrected chi connectivity index (χ1v) is 11.4. The Bertz CT molecular complexity index is 50.9. The third-order valence-electron chi connectivity index (χ3n) is 1.27. The molecule has 0 heterocycles. The number of hydrogen-bond acceptors (Lipinski definition) is 0. The summed E-state index contributed by atoms with van der Waals surface area (Å²) in [6, 6.07) is 0. The summed E-state index contributed by atoms with van der Waals surface area (Å²) >= 11 is -0.931. The average molecular weight is 235 g/mol. The van der Waals surface area contributed by atoms with Crippen LogP contribution in [0.25, 0.3) is 0 Å². The molecule has 1 radical (unpaired) electrons. The topological polar surface area (TPSA) is 0 Å². The van der Waals surface area contributed by atoms with Crippen molar-refractivity contribution in [2.45, 2.75) is 33.1 Å². The summed E-state index contributed by atoms with van der Waals surface area (Å²) in [5, 5.41) is 0. The van der Waals surface area contributed by atoms with E-state index in [1.807, 2.05) is 0 Å². The number of rotatable bonds is 3. The molecule has 0 N–H and O–H groups in total. The van der Waals surface area contributed by atoms with Crippen molar-refractivity contribution in [3.8, 4) is 0 Å². The van der Waals surface area contributed by atoms with Crippen molar-refractivity contribution in [3.63, 3.8) is 0 Å². The van der Waals surface area contributed by atoms with Crippen LogP contribution in [0, 0.1) is 12.8 Å². The molecule has 0 bridgehead atoms. The first-order valence-electron chi connectivity index (χ1n) is 3.64. The molecule has 0 aliphatic heterocycles. The summed E-state index contributed by atoms with van der Waals surface area (Å²) < 4.78 is 0. The average Bonchev–Trinajstić information content (AvgIpc) is 1.90. The molecule has 0 saturated heterocycles. The first kappa shape index (κ1) is 13.8. The Morgan fingerprint density at radius 3 is 2.00 bits per heavy atom. The zero-order chi connectivity index (χ0) is 8.41. The molecule has 59 valence electrons. The fourth-order valence-electron chi connectivity index (χ4n) is 0.637. The third kappa shape index (κ3) is 16.1. The van der Waals surface area contributed by atoms with Crippen molar-refractivity contribution in [2.24, 2.45) is 5.92 Å². The predicted molar refractivity (Wildman–Crippen MR) is 45.8 cm³/mol. The molecule has 0 aromatic rings. The second-order valence-corrected chi connectivity index (χ2v) is 6.91. The molecule has 1 unspecified atom stereocenters. The van der Waals surface area contributed by atoms with Gasteiger partial charge in [0.2, 0.25) is 0 Å². The fraction of sp³-hybridized carbons (Fsp3) is 0.857. The molecule has 0 spiro atoms. The Hall–Kier alpha value is 1.20. The SMILES string of the molecule is [CH2]CC(C)CCC.[Cl][Zn][Cl]. The van der Waals surface area contributed by atoms with Crippen molar-refractivity contribution >= 4 is 19.4 Å². The van der Waals surface area contributed by atoms with Gasteiger partial charge in [0.05, 0.1) is 0 Å². The third-order valence-corrected chi connectivity index (χ3v) is 1.27. The monoisotopic (exact) mass is 233 g/mol. The van der Waals surface area contributed by atoms with Gasteiger partial charge in [-0.05, 0) is 5.92 Å². The van der Waals surface area contributed by atoms with Crippen LogP contribution in [0.5, 0.6) is 0 Å². The van der Waals surface area contributed by atoms with E-state index >= 15 is 0 Å². The van der Waals surface area contributed by atoms with Gasteiger partial charge in [0.25, 0.3) is 0 Å². The minimum absolute atomic E-state index is 0.838. The maximum atomic E-state index is 4.95.